The van der Waals surface area contributed by atoms with Crippen molar-refractivity contribution in [3.05, 3.63) is 67.9 Å². The van der Waals surface area contributed by atoms with Gasteiger partial charge in [0.25, 0.3) is 0 Å². The molecule has 1 heterocycles. The minimum atomic E-state index is 0.0421. The third kappa shape index (κ3) is 2.28. The molecule has 0 bridgehead atoms. The quantitative estimate of drug-likeness (QED) is 0.543. The lowest BCUT2D eigenvalue weighted by Crippen LogP contribution is -2.09. The maximum atomic E-state index is 12.5. The smallest absolute Gasteiger partial charge is 0.206 e. The van der Waals surface area contributed by atoms with Gasteiger partial charge in [-0.2, -0.15) is 0 Å². The molecule has 1 aliphatic rings. The van der Waals surface area contributed by atoms with Gasteiger partial charge in [-0.15, -0.1) is 0 Å². The Labute approximate surface area is 142 Å². The number of hydrogen-bond donors (Lipinski definition) is 0. The largest absolute Gasteiger partial charge is 0.455 e. The number of halogens is 1. The molecule has 3 aromatic rings. The molecule has 1 aliphatic carbocycles. The van der Waals surface area contributed by atoms with Gasteiger partial charge in [0.15, 0.2) is 5.76 Å². The van der Waals surface area contributed by atoms with Crippen LogP contribution in [-0.2, 0) is 0 Å². The van der Waals surface area contributed by atoms with Crippen LogP contribution in [0.25, 0.3) is 22.3 Å². The summed E-state index contributed by atoms with van der Waals surface area (Å²) in [6, 6.07) is 15.9. The number of fused-ring (bicyclic) bond motifs is 1. The molecule has 3 heteroatoms. The number of para-hydroxylation sites is 1. The molecule has 0 spiro atoms. The van der Waals surface area contributed by atoms with Crippen LogP contribution in [0.5, 0.6) is 0 Å². The highest BCUT2D eigenvalue weighted by Gasteiger charge is 2.20. The Bertz CT molecular complexity index is 889. The molecule has 22 heavy (non-hydrogen) atoms. The minimum absolute atomic E-state index is 0.0421. The maximum Gasteiger partial charge on any atom is 0.206 e. The molecule has 1 aromatic heterocycles. The van der Waals surface area contributed by atoms with Gasteiger partial charge in [-0.3, -0.25) is 4.79 Å². The fraction of sp³-hybridized carbons (Fsp3) is 0.211. The van der Waals surface area contributed by atoms with Crippen LogP contribution in [-0.4, -0.2) is 0 Å². The molecule has 0 radical (unpaired) electrons. The number of rotatable bonds is 2. The molecule has 0 aliphatic heterocycles. The van der Waals surface area contributed by atoms with Crippen LogP contribution in [0.4, 0.5) is 0 Å². The van der Waals surface area contributed by atoms with Crippen molar-refractivity contribution in [2.45, 2.75) is 25.2 Å². The first-order valence-corrected chi connectivity index (χ1v) is 8.63. The standard InChI is InChI=1S/C19H15IO2/c20-17-18(21)15-6-1-2-7-16(15)22-19(17)14-10-8-13(9-11-14)12-4-3-5-12/h1-2,6-12H,3-5H2. The molecule has 0 atom stereocenters. The summed E-state index contributed by atoms with van der Waals surface area (Å²) in [7, 11) is 0. The van der Waals surface area contributed by atoms with Crippen molar-refractivity contribution in [2.24, 2.45) is 0 Å². The molecular formula is C19H15IO2. The molecule has 2 aromatic carbocycles. The van der Waals surface area contributed by atoms with Crippen molar-refractivity contribution >= 4 is 33.6 Å². The second kappa shape index (κ2) is 5.54. The average molecular weight is 402 g/mol. The first-order chi connectivity index (χ1) is 10.7. The van der Waals surface area contributed by atoms with E-state index in [-0.39, 0.29) is 5.43 Å². The second-order valence-electron chi connectivity index (χ2n) is 5.82. The molecule has 110 valence electrons. The van der Waals surface area contributed by atoms with E-state index in [0.717, 1.165) is 11.5 Å². The Hall–Kier alpha value is -1.62. The van der Waals surface area contributed by atoms with Crippen LogP contribution in [0, 0.1) is 3.57 Å². The molecule has 1 fully saturated rings. The van der Waals surface area contributed by atoms with Crippen molar-refractivity contribution in [2.75, 3.05) is 0 Å². The molecule has 0 unspecified atom stereocenters. The van der Waals surface area contributed by atoms with E-state index in [0.29, 0.717) is 20.3 Å². The summed E-state index contributed by atoms with van der Waals surface area (Å²) in [5.74, 6) is 1.39. The lowest BCUT2D eigenvalue weighted by Gasteiger charge is -2.25. The Kier molecular flexibility index (Phi) is 3.53. The van der Waals surface area contributed by atoms with Gasteiger partial charge in [0.05, 0.1) is 5.39 Å². The van der Waals surface area contributed by atoms with E-state index in [9.17, 15) is 4.79 Å². The zero-order chi connectivity index (χ0) is 15.1. The van der Waals surface area contributed by atoms with E-state index in [1.54, 1.807) is 0 Å². The summed E-state index contributed by atoms with van der Waals surface area (Å²) in [5, 5.41) is 0.640. The normalized spacial score (nSPS) is 15.0. The Morgan fingerprint density at radius 3 is 2.41 bits per heavy atom. The lowest BCUT2D eigenvalue weighted by molar-refractivity contribution is 0.420. The van der Waals surface area contributed by atoms with Crippen LogP contribution in [0.1, 0.15) is 30.7 Å². The van der Waals surface area contributed by atoms with E-state index in [4.69, 9.17) is 4.42 Å². The third-order valence-electron chi connectivity index (χ3n) is 4.49. The van der Waals surface area contributed by atoms with Crippen LogP contribution >= 0.6 is 22.6 Å². The predicted molar refractivity (Wildman–Crippen MR) is 97.2 cm³/mol. The highest BCUT2D eigenvalue weighted by molar-refractivity contribution is 14.1. The van der Waals surface area contributed by atoms with Crippen molar-refractivity contribution in [3.8, 4) is 11.3 Å². The van der Waals surface area contributed by atoms with Crippen molar-refractivity contribution in [3.63, 3.8) is 0 Å². The minimum Gasteiger partial charge on any atom is -0.455 e. The van der Waals surface area contributed by atoms with Gasteiger partial charge >= 0.3 is 0 Å². The van der Waals surface area contributed by atoms with Gasteiger partial charge in [-0.05, 0) is 59.0 Å². The highest BCUT2D eigenvalue weighted by atomic mass is 127. The van der Waals surface area contributed by atoms with E-state index in [1.165, 1.54) is 24.8 Å². The van der Waals surface area contributed by atoms with Gasteiger partial charge in [-0.1, -0.05) is 42.8 Å². The summed E-state index contributed by atoms with van der Waals surface area (Å²) < 4.78 is 6.64. The molecule has 4 rings (SSSR count). The summed E-state index contributed by atoms with van der Waals surface area (Å²) >= 11 is 2.09. The zero-order valence-corrected chi connectivity index (χ0v) is 14.2. The molecular weight excluding hydrogens is 387 g/mol. The van der Waals surface area contributed by atoms with Gasteiger partial charge < -0.3 is 4.42 Å². The Morgan fingerprint density at radius 1 is 1.00 bits per heavy atom. The van der Waals surface area contributed by atoms with Gasteiger partial charge in [0.2, 0.25) is 5.43 Å². The molecule has 1 saturated carbocycles. The maximum absolute atomic E-state index is 12.5. The van der Waals surface area contributed by atoms with Gasteiger partial charge in [0, 0.05) is 5.56 Å². The molecule has 0 amide bonds. The summed E-state index contributed by atoms with van der Waals surface area (Å²) in [4.78, 5) is 12.5. The Balaban J connectivity index is 1.83. The van der Waals surface area contributed by atoms with Crippen LogP contribution < -0.4 is 5.43 Å². The van der Waals surface area contributed by atoms with Crippen LogP contribution in [0.2, 0.25) is 0 Å². The summed E-state index contributed by atoms with van der Waals surface area (Å²) in [5.41, 5.74) is 3.05. The molecule has 2 nitrogen and oxygen atoms in total. The highest BCUT2D eigenvalue weighted by Crippen LogP contribution is 2.37. The average Bonchev–Trinajstić information content (AvgIpc) is 2.50. The van der Waals surface area contributed by atoms with Crippen molar-refractivity contribution < 1.29 is 4.42 Å². The first kappa shape index (κ1) is 14.0. The van der Waals surface area contributed by atoms with E-state index in [2.05, 4.69) is 46.9 Å². The van der Waals surface area contributed by atoms with Crippen LogP contribution in [0.3, 0.4) is 0 Å². The zero-order valence-electron chi connectivity index (χ0n) is 12.0. The number of benzene rings is 2. The number of hydrogen-bond acceptors (Lipinski definition) is 2. The SMILES string of the molecule is O=c1c(I)c(-c2ccc(C3CCC3)cc2)oc2ccccc12. The first-order valence-electron chi connectivity index (χ1n) is 7.56. The van der Waals surface area contributed by atoms with E-state index < -0.39 is 0 Å². The van der Waals surface area contributed by atoms with Crippen molar-refractivity contribution in [1.29, 1.82) is 0 Å². The lowest BCUT2D eigenvalue weighted by atomic mass is 9.80. The fourth-order valence-electron chi connectivity index (χ4n) is 2.95. The fourth-order valence-corrected chi connectivity index (χ4v) is 3.67. The topological polar surface area (TPSA) is 30.2 Å². The van der Waals surface area contributed by atoms with Crippen LogP contribution in [0.15, 0.2) is 57.7 Å². The van der Waals surface area contributed by atoms with Crippen molar-refractivity contribution in [1.82, 2.24) is 0 Å². The van der Waals surface area contributed by atoms with E-state index in [1.807, 2.05) is 24.3 Å². The summed E-state index contributed by atoms with van der Waals surface area (Å²) in [6.45, 7) is 0. The third-order valence-corrected chi connectivity index (χ3v) is 5.47. The predicted octanol–water partition coefficient (Wildman–Crippen LogP) is 5.33. The second-order valence-corrected chi connectivity index (χ2v) is 6.90. The summed E-state index contributed by atoms with van der Waals surface area (Å²) in [6.07, 6.45) is 3.92. The molecule has 0 saturated heterocycles. The monoisotopic (exact) mass is 402 g/mol. The Morgan fingerprint density at radius 2 is 1.73 bits per heavy atom. The molecule has 0 N–H and O–H groups in total. The van der Waals surface area contributed by atoms with Gasteiger partial charge in [0.1, 0.15) is 9.15 Å². The van der Waals surface area contributed by atoms with Gasteiger partial charge in [-0.25, -0.2) is 0 Å². The van der Waals surface area contributed by atoms with E-state index >= 15 is 0 Å².